The molecule has 1 aliphatic heterocycles. The molecule has 114 valence electrons. The van der Waals surface area contributed by atoms with Crippen molar-refractivity contribution in [1.29, 1.82) is 0 Å². The van der Waals surface area contributed by atoms with Gasteiger partial charge in [-0.1, -0.05) is 12.8 Å². The summed E-state index contributed by atoms with van der Waals surface area (Å²) in [5.74, 6) is 0.538. The fourth-order valence-corrected chi connectivity index (χ4v) is 2.60. The lowest BCUT2D eigenvalue weighted by atomic mass is 10.1. The summed E-state index contributed by atoms with van der Waals surface area (Å²) in [7, 11) is 0. The van der Waals surface area contributed by atoms with E-state index in [2.05, 4.69) is 5.43 Å². The van der Waals surface area contributed by atoms with Crippen molar-refractivity contribution in [2.75, 3.05) is 17.4 Å². The first kappa shape index (κ1) is 15.6. The molecule has 0 fully saturated rings. The topological polar surface area (TPSA) is 75.5 Å². The third-order valence-corrected chi connectivity index (χ3v) is 3.71. The van der Waals surface area contributed by atoms with Crippen LogP contribution in [0.5, 0.6) is 0 Å². The molecule has 1 aromatic rings. The van der Waals surface area contributed by atoms with Gasteiger partial charge in [0.2, 0.25) is 5.91 Å². The minimum Gasteiger partial charge on any atom is -0.285 e. The minimum absolute atomic E-state index is 0.0190. The number of unbranched alkanes of at least 4 members (excludes halogenated alkanes) is 3. The number of hydrazine groups is 1. The summed E-state index contributed by atoms with van der Waals surface area (Å²) in [6.45, 7) is 0.693. The smallest absolute Gasteiger partial charge is 0.269 e. The van der Waals surface area contributed by atoms with Gasteiger partial charge in [0.05, 0.1) is 17.0 Å². The molecule has 21 heavy (non-hydrogen) atoms. The first-order valence-electron chi connectivity index (χ1n) is 7.02. The summed E-state index contributed by atoms with van der Waals surface area (Å²) >= 11 is 5.63. The maximum Gasteiger partial charge on any atom is 0.269 e. The molecule has 1 aliphatic rings. The molecule has 0 bridgehead atoms. The summed E-state index contributed by atoms with van der Waals surface area (Å²) in [5.41, 5.74) is 4.38. The standard InChI is InChI=1S/C14H18ClN3O3/c15-7-3-1-2-4-8-17-13-6-5-12(18(20)21)9-11(13)10-14(19)16-17/h5-6,9H,1-4,7-8,10H2,(H,16,19). The first-order chi connectivity index (χ1) is 10.1. The van der Waals surface area contributed by atoms with Gasteiger partial charge >= 0.3 is 0 Å². The Kier molecular flexibility index (Phi) is 5.38. The summed E-state index contributed by atoms with van der Waals surface area (Å²) in [6, 6.07) is 4.65. The monoisotopic (exact) mass is 311 g/mol. The summed E-state index contributed by atoms with van der Waals surface area (Å²) < 4.78 is 0. The third-order valence-electron chi connectivity index (χ3n) is 3.44. The van der Waals surface area contributed by atoms with Gasteiger partial charge in [0, 0.05) is 24.6 Å². The maximum atomic E-state index is 11.7. The second-order valence-electron chi connectivity index (χ2n) is 5.04. The highest BCUT2D eigenvalue weighted by atomic mass is 35.5. The molecule has 1 N–H and O–H groups in total. The Balaban J connectivity index is 2.04. The van der Waals surface area contributed by atoms with Crippen LogP contribution in [-0.4, -0.2) is 23.3 Å². The highest BCUT2D eigenvalue weighted by Gasteiger charge is 2.23. The van der Waals surface area contributed by atoms with E-state index in [0.29, 0.717) is 18.0 Å². The van der Waals surface area contributed by atoms with Gasteiger partial charge in [-0.05, 0) is 24.5 Å². The Bertz CT molecular complexity index is 536. The average molecular weight is 312 g/mol. The average Bonchev–Trinajstić information content (AvgIpc) is 2.46. The van der Waals surface area contributed by atoms with Gasteiger partial charge in [-0.15, -0.1) is 11.6 Å². The molecule has 1 aromatic carbocycles. The predicted octanol–water partition coefficient (Wildman–Crippen LogP) is 2.79. The summed E-state index contributed by atoms with van der Waals surface area (Å²) in [4.78, 5) is 22.1. The van der Waals surface area contributed by atoms with Crippen LogP contribution in [0.25, 0.3) is 0 Å². The number of nitro benzene ring substituents is 1. The molecule has 0 radical (unpaired) electrons. The zero-order valence-corrected chi connectivity index (χ0v) is 12.4. The van der Waals surface area contributed by atoms with Crippen molar-refractivity contribution in [2.45, 2.75) is 32.1 Å². The van der Waals surface area contributed by atoms with Gasteiger partial charge in [-0.25, -0.2) is 0 Å². The van der Waals surface area contributed by atoms with Crippen molar-refractivity contribution < 1.29 is 9.72 Å². The van der Waals surface area contributed by atoms with E-state index in [4.69, 9.17) is 11.6 Å². The van der Waals surface area contributed by atoms with E-state index in [0.717, 1.165) is 31.4 Å². The Morgan fingerprint density at radius 3 is 2.76 bits per heavy atom. The predicted molar refractivity (Wildman–Crippen MR) is 81.5 cm³/mol. The Labute approximate surface area is 128 Å². The van der Waals surface area contributed by atoms with Crippen LogP contribution in [0, 0.1) is 10.1 Å². The molecule has 0 unspecified atom stereocenters. The number of nitro groups is 1. The first-order valence-corrected chi connectivity index (χ1v) is 7.55. The van der Waals surface area contributed by atoms with Crippen molar-refractivity contribution in [3.8, 4) is 0 Å². The fraction of sp³-hybridized carbons (Fsp3) is 0.500. The number of hydrogen-bond donors (Lipinski definition) is 1. The van der Waals surface area contributed by atoms with E-state index < -0.39 is 4.92 Å². The van der Waals surface area contributed by atoms with Crippen molar-refractivity contribution in [3.63, 3.8) is 0 Å². The highest BCUT2D eigenvalue weighted by molar-refractivity contribution is 6.17. The van der Waals surface area contributed by atoms with E-state index >= 15 is 0 Å². The van der Waals surface area contributed by atoms with Gasteiger partial charge in [0.1, 0.15) is 0 Å². The van der Waals surface area contributed by atoms with Crippen molar-refractivity contribution in [1.82, 2.24) is 5.43 Å². The van der Waals surface area contributed by atoms with Gasteiger partial charge < -0.3 is 0 Å². The van der Waals surface area contributed by atoms with Crippen molar-refractivity contribution in [3.05, 3.63) is 33.9 Å². The number of anilines is 1. The number of amides is 1. The Morgan fingerprint density at radius 2 is 2.05 bits per heavy atom. The van der Waals surface area contributed by atoms with Crippen LogP contribution in [-0.2, 0) is 11.2 Å². The third kappa shape index (κ3) is 4.07. The number of benzene rings is 1. The highest BCUT2D eigenvalue weighted by Crippen LogP contribution is 2.28. The molecule has 0 spiro atoms. The fourth-order valence-electron chi connectivity index (χ4n) is 2.41. The van der Waals surface area contributed by atoms with Crippen LogP contribution in [0.4, 0.5) is 11.4 Å². The molecular formula is C14H18ClN3O3. The van der Waals surface area contributed by atoms with E-state index in [1.54, 1.807) is 11.1 Å². The van der Waals surface area contributed by atoms with Crippen LogP contribution >= 0.6 is 11.6 Å². The van der Waals surface area contributed by atoms with E-state index in [1.807, 2.05) is 0 Å². The van der Waals surface area contributed by atoms with E-state index in [9.17, 15) is 14.9 Å². The molecule has 0 saturated heterocycles. The maximum absolute atomic E-state index is 11.7. The van der Waals surface area contributed by atoms with Gasteiger partial charge in [0.15, 0.2) is 0 Å². The second kappa shape index (κ2) is 7.26. The lowest BCUT2D eigenvalue weighted by Gasteiger charge is -2.31. The zero-order chi connectivity index (χ0) is 15.2. The number of rotatable bonds is 7. The number of carbonyl (C=O) groups excluding carboxylic acids is 1. The summed E-state index contributed by atoms with van der Waals surface area (Å²) in [6.07, 6.45) is 4.23. The summed E-state index contributed by atoms with van der Waals surface area (Å²) in [5, 5.41) is 12.6. The van der Waals surface area contributed by atoms with Crippen LogP contribution in [0.3, 0.4) is 0 Å². The molecule has 0 aliphatic carbocycles. The molecule has 1 amide bonds. The minimum atomic E-state index is -0.441. The molecular weight excluding hydrogens is 294 g/mol. The largest absolute Gasteiger partial charge is 0.285 e. The molecule has 0 aromatic heterocycles. The molecule has 0 atom stereocenters. The Hall–Kier alpha value is -1.82. The van der Waals surface area contributed by atoms with Crippen LogP contribution in [0.1, 0.15) is 31.2 Å². The number of fused-ring (bicyclic) bond motifs is 1. The van der Waals surface area contributed by atoms with Crippen LogP contribution < -0.4 is 10.4 Å². The molecule has 7 heteroatoms. The molecule has 6 nitrogen and oxygen atoms in total. The SMILES string of the molecule is O=C1Cc2cc([N+](=O)[O-])ccc2N(CCCCCCCl)N1. The lowest BCUT2D eigenvalue weighted by molar-refractivity contribution is -0.384. The number of carbonyl (C=O) groups is 1. The van der Waals surface area contributed by atoms with Gasteiger partial charge in [-0.2, -0.15) is 0 Å². The Morgan fingerprint density at radius 1 is 1.29 bits per heavy atom. The zero-order valence-electron chi connectivity index (χ0n) is 11.7. The number of nitrogens with zero attached hydrogens (tertiary/aromatic N) is 2. The van der Waals surface area contributed by atoms with Crippen molar-refractivity contribution >= 4 is 28.9 Å². The molecule has 1 heterocycles. The van der Waals surface area contributed by atoms with Crippen molar-refractivity contribution in [2.24, 2.45) is 0 Å². The number of non-ortho nitro benzene ring substituents is 1. The number of halogens is 1. The number of alkyl halides is 1. The van der Waals surface area contributed by atoms with E-state index in [-0.39, 0.29) is 18.0 Å². The lowest BCUT2D eigenvalue weighted by Crippen LogP contribution is -2.47. The van der Waals surface area contributed by atoms with Crippen LogP contribution in [0.15, 0.2) is 18.2 Å². The van der Waals surface area contributed by atoms with Gasteiger partial charge in [0.25, 0.3) is 5.69 Å². The quantitative estimate of drug-likeness (QED) is 0.363. The molecule has 2 rings (SSSR count). The van der Waals surface area contributed by atoms with Gasteiger partial charge in [-0.3, -0.25) is 25.3 Å². The molecule has 0 saturated carbocycles. The number of hydrogen-bond acceptors (Lipinski definition) is 4. The second-order valence-corrected chi connectivity index (χ2v) is 5.41. The van der Waals surface area contributed by atoms with E-state index in [1.165, 1.54) is 12.1 Å². The van der Waals surface area contributed by atoms with Crippen LogP contribution in [0.2, 0.25) is 0 Å². The normalized spacial score (nSPS) is 13.8. The number of nitrogens with one attached hydrogen (secondary N) is 1.